The average Bonchev–Trinajstić information content (AvgIpc) is 3.64. The number of oxazole rings is 1. The van der Waals surface area contributed by atoms with Gasteiger partial charge >= 0.3 is 0 Å². The van der Waals surface area contributed by atoms with Crippen LogP contribution in [0.15, 0.2) is 71.1 Å². The third-order valence-electron chi connectivity index (χ3n) is 6.74. The Bertz CT molecular complexity index is 1510. The molecule has 1 atom stereocenters. The van der Waals surface area contributed by atoms with Crippen LogP contribution in [0, 0.1) is 0 Å². The van der Waals surface area contributed by atoms with Gasteiger partial charge in [0, 0.05) is 18.5 Å². The van der Waals surface area contributed by atoms with E-state index < -0.39 is 11.9 Å². The molecule has 1 unspecified atom stereocenters. The molecule has 0 aliphatic carbocycles. The van der Waals surface area contributed by atoms with Crippen molar-refractivity contribution >= 4 is 34.5 Å². The molecule has 6 rings (SSSR count). The molecule has 2 aliphatic rings. The maximum absolute atomic E-state index is 13.6. The quantitative estimate of drug-likeness (QED) is 0.332. The maximum Gasteiger partial charge on any atom is 0.257 e. The van der Waals surface area contributed by atoms with Crippen molar-refractivity contribution < 1.29 is 28.3 Å². The SMILES string of the molecule is CCCC(=O)N(Cc1ccc2c(c1)OCO2)C1CC(=O)N(c2ccc(-c3nc4ccccc4o3)cc2)C1=O. The Labute approximate surface area is 218 Å². The fourth-order valence-corrected chi connectivity index (χ4v) is 4.85. The first kappa shape index (κ1) is 23.7. The summed E-state index contributed by atoms with van der Waals surface area (Å²) in [6.07, 6.45) is 0.833. The Balaban J connectivity index is 1.24. The number of ether oxygens (including phenoxy) is 2. The lowest BCUT2D eigenvalue weighted by atomic mass is 10.1. The maximum atomic E-state index is 13.6. The van der Waals surface area contributed by atoms with Crippen LogP contribution in [0.4, 0.5) is 5.69 Å². The van der Waals surface area contributed by atoms with E-state index >= 15 is 0 Å². The second kappa shape index (κ2) is 9.66. The zero-order chi connectivity index (χ0) is 26.2. The summed E-state index contributed by atoms with van der Waals surface area (Å²) in [6, 6.07) is 18.9. The molecule has 1 aromatic heterocycles. The first-order valence-corrected chi connectivity index (χ1v) is 12.5. The van der Waals surface area contributed by atoms with E-state index in [2.05, 4.69) is 4.98 Å². The molecule has 1 fully saturated rings. The largest absolute Gasteiger partial charge is 0.454 e. The number of hydrogen-bond donors (Lipinski definition) is 0. The molecular weight excluding hydrogens is 486 g/mol. The zero-order valence-corrected chi connectivity index (χ0v) is 20.8. The summed E-state index contributed by atoms with van der Waals surface area (Å²) in [5, 5.41) is 0. The van der Waals surface area contributed by atoms with Gasteiger partial charge in [-0.3, -0.25) is 14.4 Å². The average molecular weight is 512 g/mol. The molecule has 0 saturated carbocycles. The lowest BCUT2D eigenvalue weighted by Gasteiger charge is -2.28. The summed E-state index contributed by atoms with van der Waals surface area (Å²) in [6.45, 7) is 2.24. The van der Waals surface area contributed by atoms with E-state index in [4.69, 9.17) is 13.9 Å². The molecule has 192 valence electrons. The van der Waals surface area contributed by atoms with Crippen molar-refractivity contribution in [3.63, 3.8) is 0 Å². The van der Waals surface area contributed by atoms with Gasteiger partial charge in [-0.2, -0.15) is 0 Å². The molecule has 9 nitrogen and oxygen atoms in total. The predicted molar refractivity (Wildman–Crippen MR) is 138 cm³/mol. The Morgan fingerprint density at radius 3 is 2.61 bits per heavy atom. The van der Waals surface area contributed by atoms with Gasteiger partial charge in [0.15, 0.2) is 17.1 Å². The number of amides is 3. The van der Waals surface area contributed by atoms with Gasteiger partial charge in [0.25, 0.3) is 5.91 Å². The first-order chi connectivity index (χ1) is 18.5. The molecule has 2 aliphatic heterocycles. The molecule has 0 radical (unpaired) electrons. The molecular formula is C29H25N3O6. The summed E-state index contributed by atoms with van der Waals surface area (Å²) in [4.78, 5) is 46.9. The van der Waals surface area contributed by atoms with Crippen molar-refractivity contribution in [3.05, 3.63) is 72.3 Å². The predicted octanol–water partition coefficient (Wildman–Crippen LogP) is 4.68. The number of nitrogens with zero attached hydrogens (tertiary/aromatic N) is 3. The second-order valence-corrected chi connectivity index (χ2v) is 9.28. The normalized spacial score (nSPS) is 16.4. The summed E-state index contributed by atoms with van der Waals surface area (Å²) in [7, 11) is 0. The second-order valence-electron chi connectivity index (χ2n) is 9.28. The number of rotatable bonds is 7. The number of para-hydroxylation sites is 2. The van der Waals surface area contributed by atoms with Gasteiger partial charge in [-0.25, -0.2) is 9.88 Å². The van der Waals surface area contributed by atoms with Crippen LogP contribution in [0.1, 0.15) is 31.7 Å². The van der Waals surface area contributed by atoms with Gasteiger partial charge in [-0.15, -0.1) is 0 Å². The van der Waals surface area contributed by atoms with Crippen LogP contribution in [0.2, 0.25) is 0 Å². The van der Waals surface area contributed by atoms with E-state index in [1.54, 1.807) is 36.4 Å². The summed E-state index contributed by atoms with van der Waals surface area (Å²) in [5.74, 6) is 0.739. The summed E-state index contributed by atoms with van der Waals surface area (Å²) < 4.78 is 16.7. The third-order valence-corrected chi connectivity index (χ3v) is 6.74. The lowest BCUT2D eigenvalue weighted by Crippen LogP contribution is -2.45. The monoisotopic (exact) mass is 511 g/mol. The van der Waals surface area contributed by atoms with Crippen molar-refractivity contribution in [1.29, 1.82) is 0 Å². The molecule has 0 bridgehead atoms. The Kier molecular flexibility index (Phi) is 6.03. The van der Waals surface area contributed by atoms with Gasteiger partial charge in [0.05, 0.1) is 12.1 Å². The van der Waals surface area contributed by atoms with Gasteiger partial charge in [0.2, 0.25) is 24.5 Å². The van der Waals surface area contributed by atoms with E-state index in [1.165, 1.54) is 4.90 Å². The van der Waals surface area contributed by atoms with E-state index in [0.717, 1.165) is 21.5 Å². The molecule has 38 heavy (non-hydrogen) atoms. The van der Waals surface area contributed by atoms with E-state index in [9.17, 15) is 14.4 Å². The van der Waals surface area contributed by atoms with E-state index in [-0.39, 0.29) is 38.0 Å². The standard InChI is InChI=1S/C29H25N3O6/c1-2-5-26(33)31(16-18-8-13-24-25(14-18)37-17-36-24)22-15-27(34)32(29(22)35)20-11-9-19(10-12-20)28-30-21-6-3-4-7-23(21)38-28/h3-4,6-14,22H,2,5,15-17H2,1H3. The number of carbonyl (C=O) groups is 3. The van der Waals surface area contributed by atoms with Crippen LogP contribution in [-0.2, 0) is 20.9 Å². The highest BCUT2D eigenvalue weighted by Crippen LogP contribution is 2.34. The van der Waals surface area contributed by atoms with Crippen molar-refractivity contribution in [1.82, 2.24) is 9.88 Å². The minimum atomic E-state index is -0.885. The third kappa shape index (κ3) is 4.26. The number of hydrogen-bond acceptors (Lipinski definition) is 7. The van der Waals surface area contributed by atoms with Gasteiger partial charge in [-0.1, -0.05) is 25.1 Å². The Morgan fingerprint density at radius 2 is 1.82 bits per heavy atom. The summed E-state index contributed by atoms with van der Waals surface area (Å²) in [5.41, 5.74) is 3.38. The lowest BCUT2D eigenvalue weighted by molar-refractivity contribution is -0.139. The highest BCUT2D eigenvalue weighted by atomic mass is 16.7. The van der Waals surface area contributed by atoms with Crippen LogP contribution in [-0.4, -0.2) is 40.4 Å². The van der Waals surface area contributed by atoms with Gasteiger partial charge in [-0.05, 0) is 60.5 Å². The van der Waals surface area contributed by atoms with Gasteiger partial charge < -0.3 is 18.8 Å². The van der Waals surface area contributed by atoms with Crippen LogP contribution in [0.3, 0.4) is 0 Å². The number of aromatic nitrogens is 1. The number of imide groups is 1. The minimum absolute atomic E-state index is 0.0777. The van der Waals surface area contributed by atoms with Crippen molar-refractivity contribution in [3.8, 4) is 23.0 Å². The molecule has 3 amide bonds. The van der Waals surface area contributed by atoms with Crippen LogP contribution < -0.4 is 14.4 Å². The molecule has 1 saturated heterocycles. The number of fused-ring (bicyclic) bond motifs is 2. The van der Waals surface area contributed by atoms with Crippen LogP contribution in [0.5, 0.6) is 11.5 Å². The topological polar surface area (TPSA) is 102 Å². The van der Waals surface area contributed by atoms with E-state index in [0.29, 0.717) is 35.1 Å². The Morgan fingerprint density at radius 1 is 1.03 bits per heavy atom. The number of benzene rings is 3. The molecule has 9 heteroatoms. The molecule has 3 aromatic carbocycles. The molecule has 3 heterocycles. The fourth-order valence-electron chi connectivity index (χ4n) is 4.85. The summed E-state index contributed by atoms with van der Waals surface area (Å²) >= 11 is 0. The number of carbonyl (C=O) groups excluding carboxylic acids is 3. The minimum Gasteiger partial charge on any atom is -0.454 e. The van der Waals surface area contributed by atoms with Crippen LogP contribution >= 0.6 is 0 Å². The first-order valence-electron chi connectivity index (χ1n) is 12.5. The van der Waals surface area contributed by atoms with E-state index in [1.807, 2.05) is 37.3 Å². The fraction of sp³-hybridized carbons (Fsp3) is 0.241. The molecule has 0 N–H and O–H groups in total. The van der Waals surface area contributed by atoms with Gasteiger partial charge in [0.1, 0.15) is 11.6 Å². The van der Waals surface area contributed by atoms with Crippen molar-refractivity contribution in [2.45, 2.75) is 38.8 Å². The smallest absolute Gasteiger partial charge is 0.257 e. The highest BCUT2D eigenvalue weighted by molar-refractivity contribution is 6.23. The number of anilines is 1. The molecule has 0 spiro atoms. The zero-order valence-electron chi connectivity index (χ0n) is 20.8. The van der Waals surface area contributed by atoms with Crippen molar-refractivity contribution in [2.24, 2.45) is 0 Å². The highest BCUT2D eigenvalue weighted by Gasteiger charge is 2.44. The molecule has 4 aromatic rings. The van der Waals surface area contributed by atoms with Crippen LogP contribution in [0.25, 0.3) is 22.6 Å². The van der Waals surface area contributed by atoms with Crippen molar-refractivity contribution in [2.75, 3.05) is 11.7 Å². The Hall–Kier alpha value is -4.66.